The molecule has 0 bridgehead atoms. The van der Waals surface area contributed by atoms with Gasteiger partial charge in [-0.1, -0.05) is 19.9 Å². The van der Waals surface area contributed by atoms with Crippen LogP contribution in [0.2, 0.25) is 0 Å². The fourth-order valence-electron chi connectivity index (χ4n) is 3.22. The molecule has 1 fully saturated rings. The molecule has 1 N–H and O–H groups in total. The van der Waals surface area contributed by atoms with Crippen LogP contribution in [-0.2, 0) is 4.74 Å². The maximum atomic E-state index is 5.53. The topological polar surface area (TPSA) is 37.4 Å². The summed E-state index contributed by atoms with van der Waals surface area (Å²) in [7, 11) is 0. The minimum atomic E-state index is 0.0853. The maximum Gasteiger partial charge on any atom is 0.0594 e. The predicted molar refractivity (Wildman–Crippen MR) is 86.4 cm³/mol. The Hall–Kier alpha value is -0.970. The zero-order valence-electron chi connectivity index (χ0n) is 13.6. The molecule has 21 heavy (non-hydrogen) atoms. The normalized spacial score (nSPS) is 20.9. The van der Waals surface area contributed by atoms with Gasteiger partial charge in [-0.2, -0.15) is 0 Å². The first kappa shape index (κ1) is 16.4. The first-order valence-electron chi connectivity index (χ1n) is 8.18. The van der Waals surface area contributed by atoms with Crippen LogP contribution in [0.3, 0.4) is 0 Å². The van der Waals surface area contributed by atoms with E-state index >= 15 is 0 Å². The molecule has 0 saturated carbocycles. The lowest BCUT2D eigenvalue weighted by Crippen LogP contribution is -2.57. The van der Waals surface area contributed by atoms with Gasteiger partial charge in [0.1, 0.15) is 0 Å². The zero-order chi connectivity index (χ0) is 15.1. The van der Waals surface area contributed by atoms with Gasteiger partial charge < -0.3 is 10.1 Å². The average Bonchev–Trinajstić information content (AvgIpc) is 2.56. The second-order valence-corrected chi connectivity index (χ2v) is 5.98. The standard InChI is InChI=1S/C17H29N3O/c1-4-8-19-16(15-7-6-9-18-14-15)17(3,5-2)20-10-12-21-13-11-20/h6-7,9,14,16,19H,4-5,8,10-13H2,1-3H3. The molecule has 0 aromatic carbocycles. The van der Waals surface area contributed by atoms with Gasteiger partial charge in [-0.15, -0.1) is 0 Å². The van der Waals surface area contributed by atoms with Gasteiger partial charge in [0.2, 0.25) is 0 Å². The van der Waals surface area contributed by atoms with E-state index in [2.05, 4.69) is 42.0 Å². The quantitative estimate of drug-likeness (QED) is 0.838. The molecule has 4 nitrogen and oxygen atoms in total. The Balaban J connectivity index is 2.26. The van der Waals surface area contributed by atoms with E-state index in [-0.39, 0.29) is 5.54 Å². The molecular formula is C17H29N3O. The Kier molecular flexibility index (Phi) is 6.15. The Labute approximate surface area is 128 Å². The molecular weight excluding hydrogens is 262 g/mol. The Morgan fingerprint density at radius 2 is 2.14 bits per heavy atom. The van der Waals surface area contributed by atoms with Crippen LogP contribution in [-0.4, -0.2) is 48.3 Å². The molecule has 0 amide bonds. The van der Waals surface area contributed by atoms with E-state index in [1.165, 1.54) is 5.56 Å². The molecule has 1 saturated heterocycles. The monoisotopic (exact) mass is 291 g/mol. The van der Waals surface area contributed by atoms with Crippen LogP contribution in [0, 0.1) is 0 Å². The molecule has 1 aliphatic heterocycles. The molecule has 1 aliphatic rings. The van der Waals surface area contributed by atoms with Crippen molar-refractivity contribution in [3.8, 4) is 0 Å². The number of rotatable bonds is 7. The Morgan fingerprint density at radius 1 is 1.38 bits per heavy atom. The van der Waals surface area contributed by atoms with E-state index in [1.54, 1.807) is 0 Å². The van der Waals surface area contributed by atoms with E-state index in [0.29, 0.717) is 6.04 Å². The molecule has 1 aromatic heterocycles. The second-order valence-electron chi connectivity index (χ2n) is 5.98. The average molecular weight is 291 g/mol. The molecule has 2 atom stereocenters. The van der Waals surface area contributed by atoms with Crippen molar-refractivity contribution >= 4 is 0 Å². The number of morpholine rings is 1. The Bertz CT molecular complexity index is 406. The summed E-state index contributed by atoms with van der Waals surface area (Å²) in [6, 6.07) is 4.52. The van der Waals surface area contributed by atoms with Crippen molar-refractivity contribution in [1.82, 2.24) is 15.2 Å². The van der Waals surface area contributed by atoms with Crippen molar-refractivity contribution in [3.63, 3.8) is 0 Å². The van der Waals surface area contributed by atoms with Crippen molar-refractivity contribution < 1.29 is 4.74 Å². The number of nitrogens with one attached hydrogen (secondary N) is 1. The van der Waals surface area contributed by atoms with Crippen LogP contribution in [0.1, 0.15) is 45.2 Å². The van der Waals surface area contributed by atoms with Crippen molar-refractivity contribution in [2.24, 2.45) is 0 Å². The maximum absolute atomic E-state index is 5.53. The van der Waals surface area contributed by atoms with E-state index < -0.39 is 0 Å². The SMILES string of the molecule is CCCNC(c1cccnc1)C(C)(CC)N1CCOCC1. The molecule has 118 valence electrons. The fourth-order valence-corrected chi connectivity index (χ4v) is 3.22. The number of hydrogen-bond donors (Lipinski definition) is 1. The van der Waals surface area contributed by atoms with Crippen molar-refractivity contribution in [2.45, 2.75) is 45.2 Å². The van der Waals surface area contributed by atoms with Crippen LogP contribution in [0.4, 0.5) is 0 Å². The molecule has 2 heterocycles. The molecule has 2 unspecified atom stereocenters. The van der Waals surface area contributed by atoms with Gasteiger partial charge in [0, 0.05) is 31.0 Å². The van der Waals surface area contributed by atoms with Gasteiger partial charge in [-0.3, -0.25) is 9.88 Å². The summed E-state index contributed by atoms with van der Waals surface area (Å²) >= 11 is 0. The van der Waals surface area contributed by atoms with Gasteiger partial charge in [0.05, 0.1) is 19.3 Å². The first-order chi connectivity index (χ1) is 10.2. The van der Waals surface area contributed by atoms with Gasteiger partial charge in [-0.25, -0.2) is 0 Å². The van der Waals surface area contributed by atoms with Gasteiger partial charge in [0.25, 0.3) is 0 Å². The highest BCUT2D eigenvalue weighted by Crippen LogP contribution is 2.34. The lowest BCUT2D eigenvalue weighted by atomic mass is 9.83. The van der Waals surface area contributed by atoms with Crippen molar-refractivity contribution in [2.75, 3.05) is 32.8 Å². The zero-order valence-corrected chi connectivity index (χ0v) is 13.6. The molecule has 0 radical (unpaired) electrons. The highest BCUT2D eigenvalue weighted by Gasteiger charge is 2.39. The van der Waals surface area contributed by atoms with Gasteiger partial charge in [0.15, 0.2) is 0 Å². The van der Waals surface area contributed by atoms with Crippen LogP contribution >= 0.6 is 0 Å². The van der Waals surface area contributed by atoms with E-state index in [0.717, 1.165) is 45.7 Å². The number of pyridine rings is 1. The smallest absolute Gasteiger partial charge is 0.0594 e. The van der Waals surface area contributed by atoms with Crippen LogP contribution in [0.15, 0.2) is 24.5 Å². The molecule has 1 aromatic rings. The van der Waals surface area contributed by atoms with Gasteiger partial charge in [-0.05, 0) is 37.9 Å². The van der Waals surface area contributed by atoms with Crippen LogP contribution < -0.4 is 5.32 Å². The summed E-state index contributed by atoms with van der Waals surface area (Å²) in [6.07, 6.45) is 6.09. The summed E-state index contributed by atoms with van der Waals surface area (Å²) in [4.78, 5) is 6.90. The summed E-state index contributed by atoms with van der Waals surface area (Å²) in [5.41, 5.74) is 1.36. The third kappa shape index (κ3) is 3.82. The molecule has 4 heteroatoms. The number of aromatic nitrogens is 1. The molecule has 0 aliphatic carbocycles. The number of hydrogen-bond acceptors (Lipinski definition) is 4. The lowest BCUT2D eigenvalue weighted by molar-refractivity contribution is -0.0329. The number of nitrogens with zero attached hydrogens (tertiary/aromatic N) is 2. The second kappa shape index (κ2) is 7.87. The first-order valence-corrected chi connectivity index (χ1v) is 8.18. The van der Waals surface area contributed by atoms with Crippen molar-refractivity contribution in [1.29, 1.82) is 0 Å². The molecule has 0 spiro atoms. The Morgan fingerprint density at radius 3 is 2.71 bits per heavy atom. The lowest BCUT2D eigenvalue weighted by Gasteiger charge is -2.48. The van der Waals surface area contributed by atoms with Crippen LogP contribution in [0.5, 0.6) is 0 Å². The van der Waals surface area contributed by atoms with Crippen molar-refractivity contribution in [3.05, 3.63) is 30.1 Å². The highest BCUT2D eigenvalue weighted by atomic mass is 16.5. The van der Waals surface area contributed by atoms with E-state index in [4.69, 9.17) is 4.74 Å². The summed E-state index contributed by atoms with van der Waals surface area (Å²) in [6.45, 7) is 11.6. The fraction of sp³-hybridized carbons (Fsp3) is 0.706. The number of ether oxygens (including phenoxy) is 1. The van der Waals surface area contributed by atoms with E-state index in [9.17, 15) is 0 Å². The minimum Gasteiger partial charge on any atom is -0.379 e. The predicted octanol–water partition coefficient (Wildman–Crippen LogP) is 2.62. The summed E-state index contributed by atoms with van der Waals surface area (Å²) in [5, 5.41) is 3.75. The third-order valence-electron chi connectivity index (χ3n) is 4.69. The van der Waals surface area contributed by atoms with Crippen LogP contribution in [0.25, 0.3) is 0 Å². The highest BCUT2D eigenvalue weighted by molar-refractivity contribution is 5.19. The summed E-state index contributed by atoms with van der Waals surface area (Å²) < 4.78 is 5.53. The molecule has 2 rings (SSSR count). The van der Waals surface area contributed by atoms with E-state index in [1.807, 2.05) is 18.5 Å². The largest absolute Gasteiger partial charge is 0.379 e. The minimum absolute atomic E-state index is 0.0853. The third-order valence-corrected chi connectivity index (χ3v) is 4.69. The summed E-state index contributed by atoms with van der Waals surface area (Å²) in [5.74, 6) is 0. The van der Waals surface area contributed by atoms with Gasteiger partial charge >= 0.3 is 0 Å².